The Morgan fingerprint density at radius 1 is 1.31 bits per heavy atom. The van der Waals surface area contributed by atoms with E-state index in [9.17, 15) is 0 Å². The summed E-state index contributed by atoms with van der Waals surface area (Å²) in [5.74, 6) is 1.87. The predicted molar refractivity (Wildman–Crippen MR) is 59.8 cm³/mol. The average Bonchev–Trinajstić information content (AvgIpc) is 3.00. The van der Waals surface area contributed by atoms with Crippen LogP contribution >= 0.6 is 0 Å². The molecule has 0 spiro atoms. The Labute approximate surface area is 95.8 Å². The van der Waals surface area contributed by atoms with Gasteiger partial charge in [0.2, 0.25) is 0 Å². The largest absolute Gasteiger partial charge is 0.296 e. The summed E-state index contributed by atoms with van der Waals surface area (Å²) in [5, 5.41) is 12.1. The maximum Gasteiger partial charge on any atom is 0.165 e. The van der Waals surface area contributed by atoms with Gasteiger partial charge >= 0.3 is 0 Å². The van der Waals surface area contributed by atoms with Crippen LogP contribution in [0.5, 0.6) is 0 Å². The van der Waals surface area contributed by atoms with Crippen LogP contribution in [0.1, 0.15) is 44.5 Å². The van der Waals surface area contributed by atoms with Gasteiger partial charge in [0, 0.05) is 6.54 Å². The minimum atomic E-state index is 0.590. The molecule has 0 amide bonds. The number of aromatic nitrogens is 4. The van der Waals surface area contributed by atoms with Gasteiger partial charge in [-0.2, -0.15) is 0 Å². The Bertz CT molecular complexity index is 357. The van der Waals surface area contributed by atoms with Crippen LogP contribution in [0.4, 0.5) is 0 Å². The molecule has 1 saturated heterocycles. The van der Waals surface area contributed by atoms with Crippen LogP contribution in [-0.4, -0.2) is 38.2 Å². The summed E-state index contributed by atoms with van der Waals surface area (Å²) in [6.07, 6.45) is 5.17. The summed E-state index contributed by atoms with van der Waals surface area (Å²) >= 11 is 0. The average molecular weight is 221 g/mol. The minimum absolute atomic E-state index is 0.590. The van der Waals surface area contributed by atoms with Gasteiger partial charge in [-0.05, 0) is 48.6 Å². The second-order valence-corrected chi connectivity index (χ2v) is 5.25. The van der Waals surface area contributed by atoms with Gasteiger partial charge in [0.05, 0.1) is 12.6 Å². The lowest BCUT2D eigenvalue weighted by Crippen LogP contribution is -2.34. The summed E-state index contributed by atoms with van der Waals surface area (Å²) in [5.41, 5.74) is 0. The van der Waals surface area contributed by atoms with Crippen molar-refractivity contribution in [1.29, 1.82) is 0 Å². The highest BCUT2D eigenvalue weighted by Gasteiger charge is 2.28. The molecule has 3 rings (SSSR count). The number of tetrazole rings is 1. The van der Waals surface area contributed by atoms with Crippen molar-refractivity contribution in [3.05, 3.63) is 5.82 Å². The number of hydrogen-bond donors (Lipinski definition) is 0. The number of nitrogens with zero attached hydrogens (tertiary/aromatic N) is 5. The van der Waals surface area contributed by atoms with Crippen molar-refractivity contribution >= 4 is 0 Å². The molecule has 1 aliphatic heterocycles. The Balaban J connectivity index is 1.66. The molecule has 0 unspecified atom stereocenters. The number of rotatable bonds is 3. The van der Waals surface area contributed by atoms with E-state index in [0.29, 0.717) is 6.04 Å². The summed E-state index contributed by atoms with van der Waals surface area (Å²) in [7, 11) is 0. The summed E-state index contributed by atoms with van der Waals surface area (Å²) < 4.78 is 2.03. The molecule has 0 radical (unpaired) electrons. The molecule has 0 aromatic carbocycles. The van der Waals surface area contributed by atoms with Crippen LogP contribution in [0, 0.1) is 5.92 Å². The fourth-order valence-electron chi connectivity index (χ4n) is 2.55. The van der Waals surface area contributed by atoms with Gasteiger partial charge in [0.1, 0.15) is 0 Å². The lowest BCUT2D eigenvalue weighted by Gasteiger charge is -2.30. The Hall–Kier alpha value is -0.970. The van der Waals surface area contributed by atoms with Gasteiger partial charge in [-0.25, -0.2) is 4.68 Å². The highest BCUT2D eigenvalue weighted by Crippen LogP contribution is 2.34. The lowest BCUT2D eigenvalue weighted by atomic mass is 10.0. The van der Waals surface area contributed by atoms with Crippen molar-refractivity contribution in [2.45, 2.75) is 45.2 Å². The zero-order valence-electron chi connectivity index (χ0n) is 9.84. The van der Waals surface area contributed by atoms with Crippen LogP contribution in [-0.2, 0) is 6.54 Å². The molecule has 1 saturated carbocycles. The second kappa shape index (κ2) is 4.13. The molecule has 88 valence electrons. The van der Waals surface area contributed by atoms with E-state index in [0.717, 1.165) is 18.3 Å². The fourth-order valence-corrected chi connectivity index (χ4v) is 2.55. The molecule has 16 heavy (non-hydrogen) atoms. The molecular formula is C11H19N5. The monoisotopic (exact) mass is 221 g/mol. The first kappa shape index (κ1) is 10.2. The van der Waals surface area contributed by atoms with Gasteiger partial charge < -0.3 is 0 Å². The van der Waals surface area contributed by atoms with E-state index in [4.69, 9.17) is 0 Å². The van der Waals surface area contributed by atoms with E-state index >= 15 is 0 Å². The molecule has 5 nitrogen and oxygen atoms in total. The molecule has 2 fully saturated rings. The van der Waals surface area contributed by atoms with Crippen LogP contribution in [0.3, 0.4) is 0 Å². The topological polar surface area (TPSA) is 46.8 Å². The van der Waals surface area contributed by atoms with E-state index in [1.807, 2.05) is 4.68 Å². The van der Waals surface area contributed by atoms with Crippen LogP contribution in [0.2, 0.25) is 0 Å². The van der Waals surface area contributed by atoms with Crippen LogP contribution in [0.25, 0.3) is 0 Å². The van der Waals surface area contributed by atoms with Crippen molar-refractivity contribution in [3.63, 3.8) is 0 Å². The normalized spacial score (nSPS) is 27.2. The lowest BCUT2D eigenvalue weighted by molar-refractivity contribution is 0.170. The molecule has 0 bridgehead atoms. The van der Waals surface area contributed by atoms with Crippen molar-refractivity contribution in [2.75, 3.05) is 13.1 Å². The predicted octanol–water partition coefficient (Wildman–Crippen LogP) is 1.24. The molecule has 1 aromatic heterocycles. The minimum Gasteiger partial charge on any atom is -0.296 e. The third-order valence-electron chi connectivity index (χ3n) is 3.56. The molecule has 0 N–H and O–H groups in total. The van der Waals surface area contributed by atoms with Crippen molar-refractivity contribution in [1.82, 2.24) is 25.1 Å². The zero-order chi connectivity index (χ0) is 11.0. The third-order valence-corrected chi connectivity index (χ3v) is 3.56. The molecule has 1 atom stereocenters. The number of likely N-dealkylation sites (tertiary alicyclic amines) is 1. The fraction of sp³-hybridized carbons (Fsp3) is 0.909. The first-order valence-electron chi connectivity index (χ1n) is 6.32. The molecular weight excluding hydrogens is 202 g/mol. The first-order chi connectivity index (χ1) is 7.83. The third kappa shape index (κ3) is 2.09. The quantitative estimate of drug-likeness (QED) is 0.770. The van der Waals surface area contributed by atoms with Gasteiger partial charge in [0.15, 0.2) is 5.82 Å². The maximum atomic E-state index is 4.16. The van der Waals surface area contributed by atoms with E-state index in [-0.39, 0.29) is 0 Å². The molecule has 1 aromatic rings. The first-order valence-corrected chi connectivity index (χ1v) is 6.32. The molecule has 2 aliphatic rings. The number of piperidine rings is 1. The highest BCUT2D eigenvalue weighted by molar-refractivity contribution is 4.90. The Morgan fingerprint density at radius 2 is 2.19 bits per heavy atom. The van der Waals surface area contributed by atoms with Crippen molar-refractivity contribution in [2.24, 2.45) is 5.92 Å². The van der Waals surface area contributed by atoms with E-state index in [2.05, 4.69) is 27.3 Å². The summed E-state index contributed by atoms with van der Waals surface area (Å²) in [6, 6.07) is 0.590. The van der Waals surface area contributed by atoms with Gasteiger partial charge in [-0.3, -0.25) is 4.90 Å². The Kier molecular flexibility index (Phi) is 2.63. The zero-order valence-corrected chi connectivity index (χ0v) is 9.84. The summed E-state index contributed by atoms with van der Waals surface area (Å²) in [6.45, 7) is 5.64. The number of hydrogen-bond acceptors (Lipinski definition) is 4. The maximum absolute atomic E-state index is 4.16. The van der Waals surface area contributed by atoms with Crippen molar-refractivity contribution < 1.29 is 0 Å². The van der Waals surface area contributed by atoms with E-state index < -0.39 is 0 Å². The smallest absolute Gasteiger partial charge is 0.165 e. The van der Waals surface area contributed by atoms with Crippen LogP contribution < -0.4 is 0 Å². The van der Waals surface area contributed by atoms with Gasteiger partial charge in [0.25, 0.3) is 0 Å². The van der Waals surface area contributed by atoms with Crippen molar-refractivity contribution in [3.8, 4) is 0 Å². The highest BCUT2D eigenvalue weighted by atomic mass is 15.6. The Morgan fingerprint density at radius 3 is 2.94 bits per heavy atom. The van der Waals surface area contributed by atoms with Gasteiger partial charge in [-0.1, -0.05) is 6.92 Å². The molecule has 1 aliphatic carbocycles. The van der Waals surface area contributed by atoms with E-state index in [1.165, 1.54) is 38.8 Å². The van der Waals surface area contributed by atoms with Gasteiger partial charge in [-0.15, -0.1) is 5.10 Å². The molecule has 5 heteroatoms. The SMILES string of the molecule is C[C@H]1CCCN(Cc2nnnn2C2CC2)C1. The standard InChI is InChI=1S/C11H19N5/c1-9-3-2-6-15(7-9)8-11-12-13-14-16(11)10-4-5-10/h9-10H,2-8H2,1H3/t9-/m0/s1. The van der Waals surface area contributed by atoms with Crippen LogP contribution in [0.15, 0.2) is 0 Å². The van der Waals surface area contributed by atoms with E-state index in [1.54, 1.807) is 0 Å². The molecule has 2 heterocycles. The second-order valence-electron chi connectivity index (χ2n) is 5.25. The summed E-state index contributed by atoms with van der Waals surface area (Å²) in [4.78, 5) is 2.48.